The molecule has 0 spiro atoms. The summed E-state index contributed by atoms with van der Waals surface area (Å²) in [4.78, 5) is 2.46. The predicted molar refractivity (Wildman–Crippen MR) is 91.5 cm³/mol. The van der Waals surface area contributed by atoms with Gasteiger partial charge in [-0.3, -0.25) is 0 Å². The normalized spacial score (nSPS) is 16.0. The van der Waals surface area contributed by atoms with E-state index in [9.17, 15) is 0 Å². The van der Waals surface area contributed by atoms with Gasteiger partial charge in [0.15, 0.2) is 0 Å². The van der Waals surface area contributed by atoms with Crippen LogP contribution in [0.5, 0.6) is 0 Å². The minimum Gasteiger partial charge on any atom is -0.381 e. The first-order chi connectivity index (χ1) is 10.2. The molecule has 0 amide bonds. The number of nitrogens with one attached hydrogen (secondary N) is 1. The Hall–Kier alpha value is -1.67. The first-order valence-electron chi connectivity index (χ1n) is 7.55. The van der Waals surface area contributed by atoms with Crippen molar-refractivity contribution in [1.82, 2.24) is 0 Å². The molecule has 1 N–H and O–H groups in total. The van der Waals surface area contributed by atoms with Gasteiger partial charge in [0.1, 0.15) is 0 Å². The van der Waals surface area contributed by atoms with Crippen molar-refractivity contribution in [1.29, 1.82) is 0 Å². The van der Waals surface area contributed by atoms with Crippen LogP contribution in [0.15, 0.2) is 48.5 Å². The summed E-state index contributed by atoms with van der Waals surface area (Å²) in [6, 6.07) is 17.2. The fourth-order valence-electron chi connectivity index (χ4n) is 2.94. The molecule has 2 aromatic carbocycles. The van der Waals surface area contributed by atoms with Crippen molar-refractivity contribution < 1.29 is 0 Å². The van der Waals surface area contributed by atoms with Crippen molar-refractivity contribution in [3.63, 3.8) is 0 Å². The number of anilines is 2. The number of para-hydroxylation sites is 2. The van der Waals surface area contributed by atoms with Crippen molar-refractivity contribution in [2.24, 2.45) is 0 Å². The van der Waals surface area contributed by atoms with Crippen molar-refractivity contribution in [2.45, 2.75) is 25.8 Å². The highest BCUT2D eigenvalue weighted by molar-refractivity contribution is 6.33. The first-order valence-corrected chi connectivity index (χ1v) is 7.93. The predicted octanol–water partition coefficient (Wildman–Crippen LogP) is 4.73. The topological polar surface area (TPSA) is 15.3 Å². The molecular formula is C18H21ClN2. The lowest BCUT2D eigenvalue weighted by Crippen LogP contribution is -2.39. The third-order valence-electron chi connectivity index (χ3n) is 4.19. The highest BCUT2D eigenvalue weighted by Crippen LogP contribution is 2.28. The van der Waals surface area contributed by atoms with E-state index in [1.165, 1.54) is 11.3 Å². The van der Waals surface area contributed by atoms with Gasteiger partial charge < -0.3 is 10.2 Å². The van der Waals surface area contributed by atoms with E-state index in [1.54, 1.807) is 0 Å². The van der Waals surface area contributed by atoms with Gasteiger partial charge in [0, 0.05) is 24.8 Å². The maximum atomic E-state index is 6.30. The van der Waals surface area contributed by atoms with E-state index < -0.39 is 0 Å². The van der Waals surface area contributed by atoms with Crippen LogP contribution in [-0.4, -0.2) is 19.1 Å². The molecular weight excluding hydrogens is 280 g/mol. The minimum atomic E-state index is 0.503. The molecule has 2 aromatic rings. The van der Waals surface area contributed by atoms with Gasteiger partial charge in [-0.25, -0.2) is 0 Å². The van der Waals surface area contributed by atoms with Crippen molar-refractivity contribution in [3.8, 4) is 0 Å². The molecule has 3 rings (SSSR count). The number of nitrogens with zero attached hydrogens (tertiary/aromatic N) is 1. The van der Waals surface area contributed by atoms with E-state index >= 15 is 0 Å². The zero-order chi connectivity index (χ0) is 14.7. The maximum Gasteiger partial charge on any atom is 0.0640 e. The summed E-state index contributed by atoms with van der Waals surface area (Å²) in [6.07, 6.45) is 2.28. The summed E-state index contributed by atoms with van der Waals surface area (Å²) in [7, 11) is 0. The minimum absolute atomic E-state index is 0.503. The van der Waals surface area contributed by atoms with Gasteiger partial charge in [-0.15, -0.1) is 0 Å². The molecule has 1 aliphatic heterocycles. The summed E-state index contributed by atoms with van der Waals surface area (Å²) >= 11 is 6.30. The summed E-state index contributed by atoms with van der Waals surface area (Å²) < 4.78 is 0. The maximum absolute atomic E-state index is 6.30. The number of halogens is 1. The third kappa shape index (κ3) is 3.33. The second-order valence-corrected chi connectivity index (χ2v) is 6.08. The number of benzene rings is 2. The van der Waals surface area contributed by atoms with Crippen molar-refractivity contribution in [3.05, 3.63) is 59.1 Å². The van der Waals surface area contributed by atoms with E-state index in [2.05, 4.69) is 53.5 Å². The van der Waals surface area contributed by atoms with Gasteiger partial charge >= 0.3 is 0 Å². The second kappa shape index (κ2) is 6.40. The zero-order valence-electron chi connectivity index (χ0n) is 12.3. The van der Waals surface area contributed by atoms with Crippen LogP contribution in [-0.2, 0) is 0 Å². The molecule has 0 bridgehead atoms. The number of aryl methyl sites for hydroxylation is 1. The molecule has 2 nitrogen and oxygen atoms in total. The standard InChI is InChI=1S/C18H21ClN2/c1-14-6-5-9-17(19)18(14)20-15-10-12-21(13-11-15)16-7-3-2-4-8-16/h2-9,15,20H,10-13H2,1H3. The molecule has 1 fully saturated rings. The highest BCUT2D eigenvalue weighted by atomic mass is 35.5. The van der Waals surface area contributed by atoms with E-state index in [0.29, 0.717) is 6.04 Å². The zero-order valence-corrected chi connectivity index (χ0v) is 13.1. The first kappa shape index (κ1) is 14.3. The van der Waals surface area contributed by atoms with Crippen LogP contribution in [0.4, 0.5) is 11.4 Å². The Morgan fingerprint density at radius 2 is 1.71 bits per heavy atom. The van der Waals surface area contributed by atoms with Crippen LogP contribution in [0.3, 0.4) is 0 Å². The molecule has 1 saturated heterocycles. The molecule has 1 heterocycles. The van der Waals surface area contributed by atoms with Crippen molar-refractivity contribution in [2.75, 3.05) is 23.3 Å². The summed E-state index contributed by atoms with van der Waals surface area (Å²) in [5, 5.41) is 4.45. The lowest BCUT2D eigenvalue weighted by molar-refractivity contribution is 0.526. The number of hydrogen-bond acceptors (Lipinski definition) is 2. The second-order valence-electron chi connectivity index (χ2n) is 5.67. The average Bonchev–Trinajstić information content (AvgIpc) is 2.53. The molecule has 0 saturated carbocycles. The Kier molecular flexibility index (Phi) is 4.35. The van der Waals surface area contributed by atoms with Crippen LogP contribution in [0.2, 0.25) is 5.02 Å². The largest absolute Gasteiger partial charge is 0.381 e. The Morgan fingerprint density at radius 3 is 2.38 bits per heavy atom. The van der Waals surface area contributed by atoms with E-state index in [0.717, 1.165) is 36.6 Å². The van der Waals surface area contributed by atoms with Crippen LogP contribution in [0, 0.1) is 6.92 Å². The lowest BCUT2D eigenvalue weighted by atomic mass is 10.0. The molecule has 0 aromatic heterocycles. The summed E-state index contributed by atoms with van der Waals surface area (Å²) in [6.45, 7) is 4.28. The monoisotopic (exact) mass is 300 g/mol. The molecule has 0 unspecified atom stereocenters. The molecule has 1 aliphatic rings. The van der Waals surface area contributed by atoms with Gasteiger partial charge in [-0.1, -0.05) is 41.9 Å². The van der Waals surface area contributed by atoms with Crippen LogP contribution < -0.4 is 10.2 Å². The SMILES string of the molecule is Cc1cccc(Cl)c1NC1CCN(c2ccccc2)CC1. The molecule has 0 atom stereocenters. The van der Waals surface area contributed by atoms with E-state index in [1.807, 2.05) is 12.1 Å². The molecule has 21 heavy (non-hydrogen) atoms. The van der Waals surface area contributed by atoms with Gasteiger partial charge in [0.2, 0.25) is 0 Å². The molecule has 0 aliphatic carbocycles. The van der Waals surface area contributed by atoms with Gasteiger partial charge in [0.05, 0.1) is 10.7 Å². The fraction of sp³-hybridized carbons (Fsp3) is 0.333. The van der Waals surface area contributed by atoms with Gasteiger partial charge in [-0.2, -0.15) is 0 Å². The number of rotatable bonds is 3. The number of piperidine rings is 1. The number of hydrogen-bond donors (Lipinski definition) is 1. The quantitative estimate of drug-likeness (QED) is 0.881. The highest BCUT2D eigenvalue weighted by Gasteiger charge is 2.20. The smallest absolute Gasteiger partial charge is 0.0640 e. The molecule has 3 heteroatoms. The van der Waals surface area contributed by atoms with Gasteiger partial charge in [-0.05, 0) is 43.5 Å². The Balaban J connectivity index is 1.62. The van der Waals surface area contributed by atoms with Crippen molar-refractivity contribution >= 4 is 23.0 Å². The third-order valence-corrected chi connectivity index (χ3v) is 4.50. The summed E-state index contributed by atoms with van der Waals surface area (Å²) in [5.41, 5.74) is 3.63. The Bertz CT molecular complexity index is 569. The lowest BCUT2D eigenvalue weighted by Gasteiger charge is -2.34. The Morgan fingerprint density at radius 1 is 1.00 bits per heavy atom. The molecule has 110 valence electrons. The Labute approximate surface area is 131 Å². The van der Waals surface area contributed by atoms with E-state index in [-0.39, 0.29) is 0 Å². The fourth-order valence-corrected chi connectivity index (χ4v) is 3.22. The van der Waals surface area contributed by atoms with Crippen LogP contribution in [0.1, 0.15) is 18.4 Å². The average molecular weight is 301 g/mol. The summed E-state index contributed by atoms with van der Waals surface area (Å²) in [5.74, 6) is 0. The van der Waals surface area contributed by atoms with Crippen LogP contribution >= 0.6 is 11.6 Å². The van der Waals surface area contributed by atoms with Crippen LogP contribution in [0.25, 0.3) is 0 Å². The molecule has 0 radical (unpaired) electrons. The van der Waals surface area contributed by atoms with E-state index in [4.69, 9.17) is 11.6 Å². The van der Waals surface area contributed by atoms with Gasteiger partial charge in [0.25, 0.3) is 0 Å².